The summed E-state index contributed by atoms with van der Waals surface area (Å²) in [6.45, 7) is 7.43. The number of nitriles is 1. The number of anilines is 3. The van der Waals surface area contributed by atoms with Crippen LogP contribution in [0, 0.1) is 17.1 Å². The van der Waals surface area contributed by atoms with Gasteiger partial charge in [0.1, 0.15) is 18.3 Å². The summed E-state index contributed by atoms with van der Waals surface area (Å²) in [6.07, 6.45) is 5.14. The number of benzene rings is 2. The average molecular weight is 460 g/mol. The van der Waals surface area contributed by atoms with Crippen molar-refractivity contribution in [2.45, 2.75) is 18.3 Å². The Morgan fingerprint density at radius 3 is 2.65 bits per heavy atom. The van der Waals surface area contributed by atoms with Crippen molar-refractivity contribution in [2.75, 3.05) is 55.4 Å². The maximum Gasteiger partial charge on any atom is 0.148 e. The first kappa shape index (κ1) is 23.5. The monoisotopic (exact) mass is 459 g/mol. The van der Waals surface area contributed by atoms with E-state index in [4.69, 9.17) is 0 Å². The quantitative estimate of drug-likeness (QED) is 0.549. The molecule has 0 unspecified atom stereocenters. The highest BCUT2D eigenvalue weighted by molar-refractivity contribution is 5.74. The van der Waals surface area contributed by atoms with E-state index >= 15 is 0 Å². The lowest BCUT2D eigenvalue weighted by Crippen LogP contribution is -2.44. The summed E-state index contributed by atoms with van der Waals surface area (Å²) in [5.74, 6) is 0.317. The summed E-state index contributed by atoms with van der Waals surface area (Å²) in [4.78, 5) is 12.6. The van der Waals surface area contributed by atoms with Crippen LogP contribution in [0.5, 0.6) is 0 Å². The molecule has 1 heterocycles. The molecule has 2 aromatic rings. The van der Waals surface area contributed by atoms with Gasteiger partial charge in [-0.05, 0) is 68.6 Å². The standard InChI is InChI=1S/C26H30FN7/c1-29-25(32-22-5-3-4-20(16-22)26(18-28)9-10-26)8-11-30-19-31-21-6-7-24(23(27)17-21)34-14-12-33(2)13-15-34/h3-8,11,16-17,31-32H,1,9-10,12-15,19H2,2H3/b25-8+,30-11-. The van der Waals surface area contributed by atoms with E-state index in [0.29, 0.717) is 23.9 Å². The summed E-state index contributed by atoms with van der Waals surface area (Å²) in [5.41, 5.74) is 2.86. The van der Waals surface area contributed by atoms with Crippen molar-refractivity contribution in [3.05, 3.63) is 65.7 Å². The molecule has 0 spiro atoms. The topological polar surface area (TPSA) is 79.1 Å². The van der Waals surface area contributed by atoms with Gasteiger partial charge < -0.3 is 20.4 Å². The first-order chi connectivity index (χ1) is 16.5. The van der Waals surface area contributed by atoms with E-state index in [1.54, 1.807) is 12.3 Å². The Kier molecular flexibility index (Phi) is 7.24. The predicted molar refractivity (Wildman–Crippen MR) is 137 cm³/mol. The van der Waals surface area contributed by atoms with Crippen LogP contribution in [-0.4, -0.2) is 57.7 Å². The number of hydrogen-bond donors (Lipinski definition) is 2. The van der Waals surface area contributed by atoms with Gasteiger partial charge in [-0.25, -0.2) is 9.38 Å². The van der Waals surface area contributed by atoms with Crippen LogP contribution in [0.2, 0.25) is 0 Å². The van der Waals surface area contributed by atoms with E-state index in [-0.39, 0.29) is 11.2 Å². The van der Waals surface area contributed by atoms with Gasteiger partial charge >= 0.3 is 0 Å². The number of nitrogens with zero attached hydrogens (tertiary/aromatic N) is 5. The minimum Gasteiger partial charge on any atom is -0.367 e. The molecule has 2 fully saturated rings. The van der Waals surface area contributed by atoms with Crippen LogP contribution < -0.4 is 15.5 Å². The number of aliphatic imine (C=N–C) groups is 2. The molecule has 1 aliphatic heterocycles. The summed E-state index contributed by atoms with van der Waals surface area (Å²) in [6, 6.07) is 15.5. The van der Waals surface area contributed by atoms with Crippen molar-refractivity contribution in [1.82, 2.24) is 4.90 Å². The number of piperazine rings is 1. The fraction of sp³-hybridized carbons (Fsp3) is 0.346. The SMILES string of the molecule is C=N/C(=C\C=N/CNc1ccc(N2CCN(C)CC2)c(F)c1)Nc1cccc(C2(C#N)CC2)c1. The molecular formula is C26H30FN7. The lowest BCUT2D eigenvalue weighted by molar-refractivity contribution is 0.311. The first-order valence-corrected chi connectivity index (χ1v) is 11.5. The molecule has 8 heteroatoms. The summed E-state index contributed by atoms with van der Waals surface area (Å²) >= 11 is 0. The second kappa shape index (κ2) is 10.5. The zero-order valence-corrected chi connectivity index (χ0v) is 19.5. The highest BCUT2D eigenvalue weighted by Crippen LogP contribution is 2.47. The lowest BCUT2D eigenvalue weighted by Gasteiger charge is -2.34. The van der Waals surface area contributed by atoms with Gasteiger partial charge in [-0.2, -0.15) is 5.26 Å². The van der Waals surface area contributed by atoms with Gasteiger partial charge in [-0.1, -0.05) is 12.1 Å². The smallest absolute Gasteiger partial charge is 0.148 e. The Balaban J connectivity index is 1.30. The van der Waals surface area contributed by atoms with Crippen molar-refractivity contribution < 1.29 is 4.39 Å². The van der Waals surface area contributed by atoms with E-state index in [2.05, 4.69) is 50.3 Å². The van der Waals surface area contributed by atoms with E-state index in [9.17, 15) is 9.65 Å². The van der Waals surface area contributed by atoms with Crippen LogP contribution in [0.25, 0.3) is 0 Å². The van der Waals surface area contributed by atoms with Crippen molar-refractivity contribution in [3.8, 4) is 6.07 Å². The Bertz CT molecular complexity index is 1120. The molecule has 2 aromatic carbocycles. The van der Waals surface area contributed by atoms with Crippen LogP contribution in [0.3, 0.4) is 0 Å². The molecule has 0 atom stereocenters. The van der Waals surface area contributed by atoms with Crippen molar-refractivity contribution in [1.29, 1.82) is 5.26 Å². The van der Waals surface area contributed by atoms with Gasteiger partial charge in [0.15, 0.2) is 0 Å². The minimum atomic E-state index is -0.335. The van der Waals surface area contributed by atoms with Crippen LogP contribution in [0.1, 0.15) is 18.4 Å². The molecule has 0 bridgehead atoms. The predicted octanol–water partition coefficient (Wildman–Crippen LogP) is 4.23. The Morgan fingerprint density at radius 1 is 1.18 bits per heavy atom. The van der Waals surface area contributed by atoms with Gasteiger partial charge in [-0.3, -0.25) is 4.99 Å². The largest absolute Gasteiger partial charge is 0.367 e. The average Bonchev–Trinajstić information content (AvgIpc) is 3.66. The van der Waals surface area contributed by atoms with Gasteiger partial charge in [0.05, 0.1) is 17.2 Å². The van der Waals surface area contributed by atoms with Crippen LogP contribution in [-0.2, 0) is 5.41 Å². The van der Waals surface area contributed by atoms with Crippen molar-refractivity contribution in [3.63, 3.8) is 0 Å². The normalized spacial score (nSPS) is 17.9. The number of halogens is 1. The maximum absolute atomic E-state index is 14.6. The minimum absolute atomic E-state index is 0.229. The highest BCUT2D eigenvalue weighted by atomic mass is 19.1. The molecular weight excluding hydrogens is 429 g/mol. The molecule has 0 amide bonds. The number of rotatable bonds is 9. The summed E-state index contributed by atoms with van der Waals surface area (Å²) < 4.78 is 14.6. The molecule has 0 aromatic heterocycles. The molecule has 1 saturated carbocycles. The van der Waals surface area contributed by atoms with Gasteiger partial charge in [0.25, 0.3) is 0 Å². The van der Waals surface area contributed by atoms with E-state index in [1.165, 1.54) is 6.07 Å². The van der Waals surface area contributed by atoms with Crippen molar-refractivity contribution in [2.24, 2.45) is 9.98 Å². The third kappa shape index (κ3) is 5.61. The van der Waals surface area contributed by atoms with Gasteiger partial charge in [0.2, 0.25) is 0 Å². The lowest BCUT2D eigenvalue weighted by atomic mass is 9.97. The molecule has 4 rings (SSSR count). The van der Waals surface area contributed by atoms with Crippen LogP contribution in [0.4, 0.5) is 21.5 Å². The van der Waals surface area contributed by atoms with Crippen molar-refractivity contribution >= 4 is 30.0 Å². The Labute approximate surface area is 200 Å². The highest BCUT2D eigenvalue weighted by Gasteiger charge is 2.44. The molecule has 2 N–H and O–H groups in total. The Morgan fingerprint density at radius 2 is 1.97 bits per heavy atom. The van der Waals surface area contributed by atoms with Crippen LogP contribution in [0.15, 0.2) is 64.3 Å². The second-order valence-electron chi connectivity index (χ2n) is 8.73. The molecule has 176 valence electrons. The zero-order chi connectivity index (χ0) is 24.0. The zero-order valence-electron chi connectivity index (χ0n) is 19.5. The number of hydrogen-bond acceptors (Lipinski definition) is 7. The molecule has 0 radical (unpaired) electrons. The molecule has 2 aliphatic rings. The van der Waals surface area contributed by atoms with E-state index < -0.39 is 0 Å². The molecule has 34 heavy (non-hydrogen) atoms. The third-order valence-electron chi connectivity index (χ3n) is 6.33. The number of likely N-dealkylation sites (N-methyl/N-ethyl adjacent to an activating group) is 1. The third-order valence-corrected chi connectivity index (χ3v) is 6.33. The van der Waals surface area contributed by atoms with Crippen LogP contribution >= 0.6 is 0 Å². The second-order valence-corrected chi connectivity index (χ2v) is 8.73. The maximum atomic E-state index is 14.6. The molecule has 1 saturated heterocycles. The first-order valence-electron chi connectivity index (χ1n) is 11.5. The fourth-order valence-electron chi connectivity index (χ4n) is 4.00. The molecule has 1 aliphatic carbocycles. The van der Waals surface area contributed by atoms with Gasteiger partial charge in [-0.15, -0.1) is 0 Å². The summed E-state index contributed by atoms with van der Waals surface area (Å²) in [5, 5.41) is 15.7. The van der Waals surface area contributed by atoms with E-state index in [0.717, 1.165) is 50.3 Å². The fourth-order valence-corrected chi connectivity index (χ4v) is 4.00. The molecule has 7 nitrogen and oxygen atoms in total. The van der Waals surface area contributed by atoms with E-state index in [1.807, 2.05) is 36.4 Å². The van der Waals surface area contributed by atoms with Gasteiger partial charge in [0, 0.05) is 43.8 Å². The Hall–Kier alpha value is -3.70. The number of allylic oxidation sites excluding steroid dienone is 1. The number of nitrogens with one attached hydrogen (secondary N) is 2. The summed E-state index contributed by atoms with van der Waals surface area (Å²) in [7, 11) is 2.08.